The Hall–Kier alpha value is -3.47. The summed E-state index contributed by atoms with van der Waals surface area (Å²) in [5, 5.41) is 0. The molecule has 0 fully saturated rings. The number of amides is 1. The molecule has 31 heavy (non-hydrogen) atoms. The molecule has 5 rings (SSSR count). The molecule has 0 aliphatic carbocycles. The molecule has 2 heterocycles. The van der Waals surface area contributed by atoms with Gasteiger partial charge in [-0.05, 0) is 84.8 Å². The number of aromatic amines is 1. The van der Waals surface area contributed by atoms with Gasteiger partial charge < -0.3 is 9.88 Å². The summed E-state index contributed by atoms with van der Waals surface area (Å²) in [7, 11) is 0. The summed E-state index contributed by atoms with van der Waals surface area (Å²) in [5.41, 5.74) is 7.87. The van der Waals surface area contributed by atoms with E-state index in [0.717, 1.165) is 52.0 Å². The standard InChI is InChI=1S/C26H24FN3O/c1-16-5-9-22(27)14-23(16)26(31)30-11-3-4-18-6-7-19(12-21(18)15-30)20-8-10-24-25(13-20)29-17(2)28-24/h5-10,12-14H,3-4,11,15H2,1-2H3,(H,28,29). The fourth-order valence-corrected chi connectivity index (χ4v) is 4.43. The number of halogens is 1. The van der Waals surface area contributed by atoms with E-state index >= 15 is 0 Å². The second-order valence-corrected chi connectivity index (χ2v) is 8.33. The van der Waals surface area contributed by atoms with Crippen molar-refractivity contribution in [2.45, 2.75) is 33.2 Å². The van der Waals surface area contributed by atoms with Gasteiger partial charge in [0.1, 0.15) is 11.6 Å². The van der Waals surface area contributed by atoms with E-state index in [1.54, 1.807) is 6.07 Å². The Morgan fingerprint density at radius 2 is 1.81 bits per heavy atom. The van der Waals surface area contributed by atoms with Crippen molar-refractivity contribution in [1.82, 2.24) is 14.9 Å². The number of nitrogens with zero attached hydrogens (tertiary/aromatic N) is 2. The summed E-state index contributed by atoms with van der Waals surface area (Å²) in [6.45, 7) is 5.00. The van der Waals surface area contributed by atoms with Crippen LogP contribution in [0.25, 0.3) is 22.2 Å². The van der Waals surface area contributed by atoms with Gasteiger partial charge in [-0.1, -0.05) is 24.3 Å². The second kappa shape index (κ2) is 7.65. The Morgan fingerprint density at radius 1 is 1.00 bits per heavy atom. The third kappa shape index (κ3) is 3.72. The molecule has 1 N–H and O–H groups in total. The van der Waals surface area contributed by atoms with Gasteiger partial charge in [-0.15, -0.1) is 0 Å². The first-order valence-electron chi connectivity index (χ1n) is 10.6. The predicted octanol–water partition coefficient (Wildman–Crippen LogP) is 5.57. The normalized spacial score (nSPS) is 13.8. The molecule has 1 aromatic heterocycles. The second-order valence-electron chi connectivity index (χ2n) is 8.33. The first-order chi connectivity index (χ1) is 15.0. The largest absolute Gasteiger partial charge is 0.342 e. The van der Waals surface area contributed by atoms with Gasteiger partial charge in [0, 0.05) is 18.7 Å². The summed E-state index contributed by atoms with van der Waals surface area (Å²) in [6.07, 6.45) is 1.83. The Kier molecular flexibility index (Phi) is 4.81. The molecule has 3 aromatic carbocycles. The summed E-state index contributed by atoms with van der Waals surface area (Å²) in [6, 6.07) is 17.2. The van der Waals surface area contributed by atoms with Crippen molar-refractivity contribution in [2.24, 2.45) is 0 Å². The zero-order chi connectivity index (χ0) is 21.5. The van der Waals surface area contributed by atoms with Gasteiger partial charge in [0.25, 0.3) is 5.91 Å². The monoisotopic (exact) mass is 413 g/mol. The first-order valence-corrected chi connectivity index (χ1v) is 10.6. The van der Waals surface area contributed by atoms with Gasteiger partial charge in [-0.2, -0.15) is 0 Å². The number of fused-ring (bicyclic) bond motifs is 2. The average Bonchev–Trinajstić information content (AvgIpc) is 3.00. The molecule has 0 atom stereocenters. The summed E-state index contributed by atoms with van der Waals surface area (Å²) in [5.74, 6) is 0.413. The van der Waals surface area contributed by atoms with Crippen molar-refractivity contribution >= 4 is 16.9 Å². The van der Waals surface area contributed by atoms with Crippen LogP contribution in [-0.4, -0.2) is 27.3 Å². The van der Waals surface area contributed by atoms with Crippen LogP contribution in [-0.2, 0) is 13.0 Å². The molecular formula is C26H24FN3O. The molecule has 0 unspecified atom stereocenters. The molecule has 1 aliphatic rings. The maximum Gasteiger partial charge on any atom is 0.254 e. The molecule has 4 aromatic rings. The fraction of sp³-hybridized carbons (Fsp3) is 0.231. The Morgan fingerprint density at radius 3 is 2.68 bits per heavy atom. The van der Waals surface area contributed by atoms with E-state index in [1.165, 1.54) is 17.7 Å². The summed E-state index contributed by atoms with van der Waals surface area (Å²) >= 11 is 0. The lowest BCUT2D eigenvalue weighted by atomic mass is 9.97. The highest BCUT2D eigenvalue weighted by molar-refractivity contribution is 5.95. The maximum absolute atomic E-state index is 13.8. The highest BCUT2D eigenvalue weighted by Gasteiger charge is 2.22. The molecule has 1 amide bonds. The van der Waals surface area contributed by atoms with E-state index in [9.17, 15) is 9.18 Å². The van der Waals surface area contributed by atoms with Crippen LogP contribution < -0.4 is 0 Å². The molecule has 0 saturated heterocycles. The highest BCUT2D eigenvalue weighted by Crippen LogP contribution is 2.29. The van der Waals surface area contributed by atoms with E-state index < -0.39 is 0 Å². The first kappa shape index (κ1) is 19.5. The van der Waals surface area contributed by atoms with E-state index in [4.69, 9.17) is 0 Å². The van der Waals surface area contributed by atoms with Crippen molar-refractivity contribution in [3.63, 3.8) is 0 Å². The predicted molar refractivity (Wildman–Crippen MR) is 120 cm³/mol. The molecule has 0 radical (unpaired) electrons. The van der Waals surface area contributed by atoms with Gasteiger partial charge in [-0.3, -0.25) is 4.79 Å². The highest BCUT2D eigenvalue weighted by atomic mass is 19.1. The minimum Gasteiger partial charge on any atom is -0.342 e. The number of benzene rings is 3. The lowest BCUT2D eigenvalue weighted by molar-refractivity contribution is 0.0744. The molecule has 156 valence electrons. The van der Waals surface area contributed by atoms with Crippen LogP contribution in [0, 0.1) is 19.7 Å². The van der Waals surface area contributed by atoms with Gasteiger partial charge in [0.2, 0.25) is 0 Å². The third-order valence-electron chi connectivity index (χ3n) is 6.09. The molecule has 1 aliphatic heterocycles. The van der Waals surface area contributed by atoms with Crippen molar-refractivity contribution < 1.29 is 9.18 Å². The van der Waals surface area contributed by atoms with Crippen molar-refractivity contribution in [3.8, 4) is 11.1 Å². The lowest BCUT2D eigenvalue weighted by Gasteiger charge is -2.22. The SMILES string of the molecule is Cc1nc2ccc(-c3ccc4c(c3)CN(C(=O)c3cc(F)ccc3C)CCC4)cc2[nH]1. The van der Waals surface area contributed by atoms with Crippen LogP contribution in [0.1, 0.15) is 39.3 Å². The molecule has 5 heteroatoms. The van der Waals surface area contributed by atoms with Crippen LogP contribution in [0.3, 0.4) is 0 Å². The number of H-pyrrole nitrogens is 1. The van der Waals surface area contributed by atoms with E-state index in [0.29, 0.717) is 18.7 Å². The van der Waals surface area contributed by atoms with Crippen LogP contribution in [0.2, 0.25) is 0 Å². The number of aryl methyl sites for hydroxylation is 3. The molecule has 4 nitrogen and oxygen atoms in total. The number of carbonyl (C=O) groups excluding carboxylic acids is 1. The third-order valence-corrected chi connectivity index (χ3v) is 6.09. The average molecular weight is 413 g/mol. The van der Waals surface area contributed by atoms with Crippen molar-refractivity contribution in [2.75, 3.05) is 6.54 Å². The molecule has 0 bridgehead atoms. The van der Waals surface area contributed by atoms with E-state index in [-0.39, 0.29) is 11.7 Å². The molecule has 0 spiro atoms. The van der Waals surface area contributed by atoms with Crippen LogP contribution in [0.4, 0.5) is 4.39 Å². The Labute approximate surface area is 180 Å². The zero-order valence-corrected chi connectivity index (χ0v) is 17.7. The van der Waals surface area contributed by atoms with Gasteiger partial charge >= 0.3 is 0 Å². The zero-order valence-electron chi connectivity index (χ0n) is 17.7. The van der Waals surface area contributed by atoms with Gasteiger partial charge in [-0.25, -0.2) is 9.37 Å². The maximum atomic E-state index is 13.8. The fourth-order valence-electron chi connectivity index (χ4n) is 4.43. The van der Waals surface area contributed by atoms with E-state index in [2.05, 4.69) is 40.3 Å². The van der Waals surface area contributed by atoms with Crippen LogP contribution in [0.15, 0.2) is 54.6 Å². The van der Waals surface area contributed by atoms with Crippen LogP contribution >= 0.6 is 0 Å². The van der Waals surface area contributed by atoms with Crippen LogP contribution in [0.5, 0.6) is 0 Å². The number of hydrogen-bond donors (Lipinski definition) is 1. The minimum absolute atomic E-state index is 0.107. The number of hydrogen-bond acceptors (Lipinski definition) is 2. The minimum atomic E-state index is -0.379. The Bertz CT molecular complexity index is 1310. The summed E-state index contributed by atoms with van der Waals surface area (Å²) in [4.78, 5) is 22.8. The molecule has 0 saturated carbocycles. The topological polar surface area (TPSA) is 49.0 Å². The smallest absolute Gasteiger partial charge is 0.254 e. The number of carbonyl (C=O) groups is 1. The number of nitrogens with one attached hydrogen (secondary N) is 1. The van der Waals surface area contributed by atoms with Crippen molar-refractivity contribution in [1.29, 1.82) is 0 Å². The quantitative estimate of drug-likeness (QED) is 0.467. The molecular weight excluding hydrogens is 389 g/mol. The number of rotatable bonds is 2. The van der Waals surface area contributed by atoms with E-state index in [1.807, 2.05) is 24.8 Å². The van der Waals surface area contributed by atoms with Gasteiger partial charge in [0.15, 0.2) is 0 Å². The van der Waals surface area contributed by atoms with Gasteiger partial charge in [0.05, 0.1) is 11.0 Å². The lowest BCUT2D eigenvalue weighted by Crippen LogP contribution is -2.31. The van der Waals surface area contributed by atoms with Crippen molar-refractivity contribution in [3.05, 3.63) is 88.5 Å². The number of aromatic nitrogens is 2. The number of imidazole rings is 1. The summed E-state index contributed by atoms with van der Waals surface area (Å²) < 4.78 is 13.8. The Balaban J connectivity index is 1.48.